The van der Waals surface area contributed by atoms with Gasteiger partial charge in [-0.25, -0.2) is 4.79 Å². The number of nitrogens with zero attached hydrogens (tertiary/aromatic N) is 1. The lowest BCUT2D eigenvalue weighted by atomic mass is 9.96. The van der Waals surface area contributed by atoms with Crippen LogP contribution in [0.4, 0.5) is 0 Å². The van der Waals surface area contributed by atoms with Crippen molar-refractivity contribution in [2.24, 2.45) is 0 Å². The van der Waals surface area contributed by atoms with Gasteiger partial charge in [-0.15, -0.1) is 11.3 Å². The van der Waals surface area contributed by atoms with Crippen LogP contribution in [0.5, 0.6) is 0 Å². The molecule has 0 saturated heterocycles. The fraction of sp³-hybridized carbons (Fsp3) is 0.294. The average molecular weight is 297 g/mol. The van der Waals surface area contributed by atoms with E-state index >= 15 is 0 Å². The molecule has 1 aliphatic rings. The second-order valence-corrected chi connectivity index (χ2v) is 6.11. The van der Waals surface area contributed by atoms with Crippen LogP contribution < -0.4 is 0 Å². The molecule has 1 aliphatic carbocycles. The smallest absolute Gasteiger partial charge is 0.339 e. The summed E-state index contributed by atoms with van der Waals surface area (Å²) in [7, 11) is 0. The first-order valence-electron chi connectivity index (χ1n) is 7.03. The highest BCUT2D eigenvalue weighted by Gasteiger charge is 2.20. The van der Waals surface area contributed by atoms with E-state index in [1.54, 1.807) is 23.5 Å². The summed E-state index contributed by atoms with van der Waals surface area (Å²) in [6.45, 7) is 0.245. The molecule has 1 aromatic heterocycles. The molecule has 1 aromatic carbocycles. The van der Waals surface area contributed by atoms with E-state index in [1.165, 1.54) is 16.9 Å². The third-order valence-corrected chi connectivity index (χ3v) is 4.82. The minimum atomic E-state index is -0.237. The van der Waals surface area contributed by atoms with E-state index in [9.17, 15) is 4.79 Å². The number of esters is 1. The Morgan fingerprint density at radius 1 is 1.24 bits per heavy atom. The van der Waals surface area contributed by atoms with Crippen molar-refractivity contribution in [1.82, 2.24) is 0 Å². The molecule has 3 rings (SSSR count). The Balaban J connectivity index is 1.66. The van der Waals surface area contributed by atoms with Gasteiger partial charge in [0.1, 0.15) is 6.61 Å². The van der Waals surface area contributed by atoms with Gasteiger partial charge in [-0.2, -0.15) is 5.26 Å². The normalized spacial score (nSPS) is 13.3. The lowest BCUT2D eigenvalue weighted by molar-refractivity contribution is 0.0472. The third kappa shape index (κ3) is 2.98. The first kappa shape index (κ1) is 13.8. The van der Waals surface area contributed by atoms with Crippen molar-refractivity contribution in [1.29, 1.82) is 5.26 Å². The molecule has 0 N–H and O–H groups in total. The van der Waals surface area contributed by atoms with Gasteiger partial charge in [-0.3, -0.25) is 0 Å². The van der Waals surface area contributed by atoms with Gasteiger partial charge in [0.05, 0.1) is 17.2 Å². The number of rotatable bonds is 3. The van der Waals surface area contributed by atoms with Gasteiger partial charge in [0.25, 0.3) is 0 Å². The molecule has 106 valence electrons. The van der Waals surface area contributed by atoms with E-state index in [4.69, 9.17) is 10.00 Å². The maximum atomic E-state index is 12.2. The van der Waals surface area contributed by atoms with E-state index in [0.29, 0.717) is 5.56 Å². The molecule has 0 bridgehead atoms. The van der Waals surface area contributed by atoms with Crippen LogP contribution in [0.25, 0.3) is 0 Å². The van der Waals surface area contributed by atoms with E-state index in [-0.39, 0.29) is 12.6 Å². The summed E-state index contributed by atoms with van der Waals surface area (Å²) in [6.07, 6.45) is 4.44. The van der Waals surface area contributed by atoms with Crippen molar-refractivity contribution < 1.29 is 9.53 Å². The van der Waals surface area contributed by atoms with Crippen molar-refractivity contribution in [3.63, 3.8) is 0 Å². The molecule has 0 atom stereocenters. The van der Waals surface area contributed by atoms with Gasteiger partial charge in [0.2, 0.25) is 0 Å². The summed E-state index contributed by atoms with van der Waals surface area (Å²) in [5.74, 6) is -0.237. The number of carbonyl (C=O) groups excluding carboxylic acids is 1. The van der Waals surface area contributed by atoms with E-state index < -0.39 is 0 Å². The number of hydrogen-bond acceptors (Lipinski definition) is 4. The van der Waals surface area contributed by atoms with Gasteiger partial charge < -0.3 is 4.74 Å². The first-order valence-corrected chi connectivity index (χ1v) is 7.91. The molecule has 0 radical (unpaired) electrons. The van der Waals surface area contributed by atoms with Crippen LogP contribution in [0.2, 0.25) is 0 Å². The van der Waals surface area contributed by atoms with E-state index in [2.05, 4.69) is 6.07 Å². The van der Waals surface area contributed by atoms with Gasteiger partial charge >= 0.3 is 5.97 Å². The van der Waals surface area contributed by atoms with Crippen molar-refractivity contribution in [2.75, 3.05) is 0 Å². The van der Waals surface area contributed by atoms with Gasteiger partial charge in [0.15, 0.2) is 0 Å². The van der Waals surface area contributed by atoms with Gasteiger partial charge in [-0.05, 0) is 48.9 Å². The predicted octanol–water partition coefficient (Wildman–Crippen LogP) is 3.86. The average Bonchev–Trinajstić information content (AvgIpc) is 2.97. The Bertz CT molecular complexity index is 695. The van der Waals surface area contributed by atoms with Crippen LogP contribution in [0, 0.1) is 11.3 Å². The van der Waals surface area contributed by atoms with Crippen LogP contribution >= 0.6 is 11.3 Å². The second kappa shape index (κ2) is 6.11. The number of ether oxygens (including phenoxy) is 1. The fourth-order valence-electron chi connectivity index (χ4n) is 2.57. The van der Waals surface area contributed by atoms with Crippen LogP contribution in [0.1, 0.15) is 44.8 Å². The molecule has 0 amide bonds. The standard InChI is InChI=1S/C17H15NO2S/c18-9-12-5-7-13(8-6-12)10-20-17(19)15-11-21-16-4-2-1-3-14(15)16/h5-8,11H,1-4,10H2. The lowest BCUT2D eigenvalue weighted by Gasteiger charge is -2.12. The quantitative estimate of drug-likeness (QED) is 0.808. The minimum Gasteiger partial charge on any atom is -0.457 e. The topological polar surface area (TPSA) is 50.1 Å². The predicted molar refractivity (Wildman–Crippen MR) is 81.2 cm³/mol. The molecule has 0 unspecified atom stereocenters. The van der Waals surface area contributed by atoms with Crippen molar-refractivity contribution in [3.05, 3.63) is 56.8 Å². The maximum absolute atomic E-state index is 12.2. The number of thiophene rings is 1. The Hall–Kier alpha value is -2.12. The van der Waals surface area contributed by atoms with Gasteiger partial charge in [0, 0.05) is 10.3 Å². The Kier molecular flexibility index (Phi) is 4.03. The molecule has 4 heteroatoms. The molecule has 3 nitrogen and oxygen atoms in total. The summed E-state index contributed by atoms with van der Waals surface area (Å²) in [4.78, 5) is 13.5. The van der Waals surface area contributed by atoms with Gasteiger partial charge in [-0.1, -0.05) is 12.1 Å². The highest BCUT2D eigenvalue weighted by molar-refractivity contribution is 7.10. The van der Waals surface area contributed by atoms with Crippen LogP contribution in [-0.4, -0.2) is 5.97 Å². The largest absolute Gasteiger partial charge is 0.457 e. The number of carbonyl (C=O) groups is 1. The highest BCUT2D eigenvalue weighted by atomic mass is 32.1. The second-order valence-electron chi connectivity index (χ2n) is 5.14. The molecule has 21 heavy (non-hydrogen) atoms. The fourth-order valence-corrected chi connectivity index (χ4v) is 3.68. The summed E-state index contributed by atoms with van der Waals surface area (Å²) in [5, 5.41) is 10.7. The zero-order valence-electron chi connectivity index (χ0n) is 11.6. The summed E-state index contributed by atoms with van der Waals surface area (Å²) >= 11 is 1.67. The maximum Gasteiger partial charge on any atom is 0.339 e. The first-order chi connectivity index (χ1) is 10.3. The Labute approximate surface area is 127 Å². The molecular weight excluding hydrogens is 282 g/mol. The summed E-state index contributed by atoms with van der Waals surface area (Å²) in [5.41, 5.74) is 3.43. The Morgan fingerprint density at radius 2 is 2.00 bits per heavy atom. The van der Waals surface area contributed by atoms with E-state index in [0.717, 1.165) is 30.4 Å². The highest BCUT2D eigenvalue weighted by Crippen LogP contribution is 2.30. The molecule has 0 saturated carbocycles. The molecule has 2 aromatic rings. The SMILES string of the molecule is N#Cc1ccc(COC(=O)c2csc3c2CCCC3)cc1. The summed E-state index contributed by atoms with van der Waals surface area (Å²) < 4.78 is 5.40. The summed E-state index contributed by atoms with van der Waals surface area (Å²) in [6, 6.07) is 9.16. The van der Waals surface area contributed by atoms with Crippen molar-refractivity contribution >= 4 is 17.3 Å². The number of hydrogen-bond donors (Lipinski definition) is 0. The number of nitriles is 1. The minimum absolute atomic E-state index is 0.237. The zero-order valence-corrected chi connectivity index (χ0v) is 12.4. The number of aryl methyl sites for hydroxylation is 1. The van der Waals surface area contributed by atoms with Crippen molar-refractivity contribution in [2.45, 2.75) is 32.3 Å². The van der Waals surface area contributed by atoms with E-state index in [1.807, 2.05) is 17.5 Å². The van der Waals surface area contributed by atoms with Crippen LogP contribution in [0.15, 0.2) is 29.6 Å². The Morgan fingerprint density at radius 3 is 2.76 bits per heavy atom. The zero-order chi connectivity index (χ0) is 14.7. The molecule has 0 fully saturated rings. The van der Waals surface area contributed by atoms with Crippen LogP contribution in [0.3, 0.4) is 0 Å². The monoisotopic (exact) mass is 297 g/mol. The number of fused-ring (bicyclic) bond motifs is 1. The van der Waals surface area contributed by atoms with Crippen LogP contribution in [-0.2, 0) is 24.2 Å². The molecule has 0 aliphatic heterocycles. The molecular formula is C17H15NO2S. The number of benzene rings is 1. The lowest BCUT2D eigenvalue weighted by Crippen LogP contribution is -2.09. The molecule has 1 heterocycles. The third-order valence-electron chi connectivity index (χ3n) is 3.73. The van der Waals surface area contributed by atoms with Crippen molar-refractivity contribution in [3.8, 4) is 6.07 Å². The molecule has 0 spiro atoms.